The zero-order valence-corrected chi connectivity index (χ0v) is 8.58. The van der Waals surface area contributed by atoms with E-state index < -0.39 is 11.5 Å². The van der Waals surface area contributed by atoms with Crippen LogP contribution < -0.4 is 5.73 Å². The summed E-state index contributed by atoms with van der Waals surface area (Å²) in [5, 5.41) is 8.85. The summed E-state index contributed by atoms with van der Waals surface area (Å²) in [5.74, 6) is -1.08. The molecule has 5 heteroatoms. The third kappa shape index (κ3) is 1.87. The Morgan fingerprint density at radius 3 is 2.85 bits per heavy atom. The Hall–Kier alpha value is -0.940. The maximum atomic E-state index is 10.8. The molecule has 3 N–H and O–H groups in total. The van der Waals surface area contributed by atoms with E-state index in [-0.39, 0.29) is 0 Å². The molecule has 1 aromatic rings. The van der Waals surface area contributed by atoms with Crippen LogP contribution in [-0.4, -0.2) is 16.1 Å². The molecule has 1 aromatic heterocycles. The van der Waals surface area contributed by atoms with Crippen LogP contribution in [0.1, 0.15) is 12.5 Å². The number of rotatable bonds is 2. The van der Waals surface area contributed by atoms with Gasteiger partial charge in [0.15, 0.2) is 0 Å². The Kier molecular flexibility index (Phi) is 2.68. The lowest BCUT2D eigenvalue weighted by molar-refractivity contribution is -0.143. The van der Waals surface area contributed by atoms with E-state index in [9.17, 15) is 4.79 Å². The highest BCUT2D eigenvalue weighted by Gasteiger charge is 2.32. The number of pyridine rings is 1. The number of aliphatic carboxylic acids is 1. The first kappa shape index (κ1) is 10.1. The second-order valence-electron chi connectivity index (χ2n) is 2.85. The average molecular weight is 245 g/mol. The van der Waals surface area contributed by atoms with Gasteiger partial charge in [0.2, 0.25) is 0 Å². The fourth-order valence-corrected chi connectivity index (χ4v) is 1.55. The van der Waals surface area contributed by atoms with Crippen LogP contribution in [0.15, 0.2) is 22.9 Å². The van der Waals surface area contributed by atoms with Gasteiger partial charge in [-0.05, 0) is 28.9 Å². The van der Waals surface area contributed by atoms with E-state index in [0.717, 1.165) is 0 Å². The molecule has 0 amide bonds. The Morgan fingerprint density at radius 1 is 1.77 bits per heavy atom. The normalized spacial score (nSPS) is 15.0. The predicted molar refractivity (Wildman–Crippen MR) is 51.1 cm³/mol. The molecule has 0 aliphatic carbocycles. The summed E-state index contributed by atoms with van der Waals surface area (Å²) in [6.07, 6.45) is 1.56. The molecule has 0 bridgehead atoms. The van der Waals surface area contributed by atoms with Crippen LogP contribution in [0.2, 0.25) is 0 Å². The molecule has 1 atom stereocenters. The summed E-state index contributed by atoms with van der Waals surface area (Å²) in [4.78, 5) is 14.7. The maximum absolute atomic E-state index is 10.8. The molecular formula is C8H9BrN2O2. The summed E-state index contributed by atoms with van der Waals surface area (Å²) in [6, 6.07) is 3.28. The van der Waals surface area contributed by atoms with Crippen LogP contribution in [-0.2, 0) is 10.3 Å². The fourth-order valence-electron chi connectivity index (χ4n) is 0.889. The number of nitrogens with two attached hydrogens (primary N) is 1. The number of hydrogen-bond acceptors (Lipinski definition) is 3. The molecule has 1 unspecified atom stereocenters. The van der Waals surface area contributed by atoms with E-state index in [4.69, 9.17) is 10.8 Å². The predicted octanol–water partition coefficient (Wildman–Crippen LogP) is 1.10. The van der Waals surface area contributed by atoms with Crippen molar-refractivity contribution in [1.29, 1.82) is 0 Å². The molecular weight excluding hydrogens is 236 g/mol. The second kappa shape index (κ2) is 3.43. The summed E-state index contributed by atoms with van der Waals surface area (Å²) in [5.41, 5.74) is 4.66. The molecule has 70 valence electrons. The monoisotopic (exact) mass is 244 g/mol. The van der Waals surface area contributed by atoms with Crippen molar-refractivity contribution in [2.75, 3.05) is 0 Å². The van der Waals surface area contributed by atoms with Crippen molar-refractivity contribution in [3.8, 4) is 0 Å². The standard InChI is InChI=1S/C8H9BrN2O2/c1-8(10,7(12)13)5-3-2-4-11-6(5)9/h2-4H,10H2,1H3,(H,12,13). The summed E-state index contributed by atoms with van der Waals surface area (Å²) in [7, 11) is 0. The number of carbonyl (C=O) groups is 1. The van der Waals surface area contributed by atoms with Gasteiger partial charge >= 0.3 is 5.97 Å². The average Bonchev–Trinajstić information content (AvgIpc) is 2.04. The van der Waals surface area contributed by atoms with Crippen LogP contribution in [0, 0.1) is 0 Å². The number of hydrogen-bond donors (Lipinski definition) is 2. The quantitative estimate of drug-likeness (QED) is 0.765. The van der Waals surface area contributed by atoms with Crippen molar-refractivity contribution in [2.45, 2.75) is 12.5 Å². The van der Waals surface area contributed by atoms with Crippen LogP contribution in [0.25, 0.3) is 0 Å². The molecule has 0 saturated carbocycles. The molecule has 0 fully saturated rings. The molecule has 0 aliphatic heterocycles. The van der Waals surface area contributed by atoms with Gasteiger partial charge in [-0.25, -0.2) is 9.78 Å². The first-order chi connectivity index (χ1) is 5.96. The molecule has 0 spiro atoms. The SMILES string of the molecule is CC(N)(C(=O)O)c1cccnc1Br. The smallest absolute Gasteiger partial charge is 0.328 e. The van der Waals surface area contributed by atoms with Gasteiger partial charge < -0.3 is 10.8 Å². The molecule has 13 heavy (non-hydrogen) atoms. The number of carboxylic acid groups (broad SMARTS) is 1. The largest absolute Gasteiger partial charge is 0.480 e. The first-order valence-corrected chi connectivity index (χ1v) is 4.39. The highest BCUT2D eigenvalue weighted by atomic mass is 79.9. The molecule has 0 aliphatic rings. The Morgan fingerprint density at radius 2 is 2.38 bits per heavy atom. The lowest BCUT2D eigenvalue weighted by Crippen LogP contribution is -2.42. The highest BCUT2D eigenvalue weighted by Crippen LogP contribution is 2.24. The van der Waals surface area contributed by atoms with Crippen molar-refractivity contribution in [3.05, 3.63) is 28.5 Å². The molecule has 0 aromatic carbocycles. The van der Waals surface area contributed by atoms with Crippen LogP contribution in [0.4, 0.5) is 0 Å². The third-order valence-electron chi connectivity index (χ3n) is 1.76. The molecule has 0 radical (unpaired) electrons. The number of nitrogens with zero attached hydrogens (tertiary/aromatic N) is 1. The maximum Gasteiger partial charge on any atom is 0.328 e. The number of halogens is 1. The van der Waals surface area contributed by atoms with Crippen molar-refractivity contribution in [1.82, 2.24) is 4.98 Å². The molecule has 0 saturated heterocycles. The van der Waals surface area contributed by atoms with Crippen molar-refractivity contribution < 1.29 is 9.90 Å². The van der Waals surface area contributed by atoms with Crippen LogP contribution >= 0.6 is 15.9 Å². The van der Waals surface area contributed by atoms with Crippen molar-refractivity contribution >= 4 is 21.9 Å². The Labute approximate surface area is 83.9 Å². The lowest BCUT2D eigenvalue weighted by Gasteiger charge is -2.20. The number of carboxylic acids is 1. The van der Waals surface area contributed by atoms with E-state index in [0.29, 0.717) is 10.2 Å². The van der Waals surface area contributed by atoms with Crippen molar-refractivity contribution in [3.63, 3.8) is 0 Å². The van der Waals surface area contributed by atoms with Gasteiger partial charge in [0, 0.05) is 11.8 Å². The van der Waals surface area contributed by atoms with Gasteiger partial charge in [0.25, 0.3) is 0 Å². The van der Waals surface area contributed by atoms with Gasteiger partial charge in [-0.2, -0.15) is 0 Å². The van der Waals surface area contributed by atoms with E-state index in [2.05, 4.69) is 20.9 Å². The molecule has 4 nitrogen and oxygen atoms in total. The van der Waals surface area contributed by atoms with Gasteiger partial charge in [0.05, 0.1) is 0 Å². The second-order valence-corrected chi connectivity index (χ2v) is 3.60. The summed E-state index contributed by atoms with van der Waals surface area (Å²) < 4.78 is 0.461. The third-order valence-corrected chi connectivity index (χ3v) is 2.39. The minimum absolute atomic E-state index is 0.461. The summed E-state index contributed by atoms with van der Waals surface area (Å²) in [6.45, 7) is 1.43. The van der Waals surface area contributed by atoms with E-state index in [1.165, 1.54) is 6.92 Å². The van der Waals surface area contributed by atoms with Crippen molar-refractivity contribution in [2.24, 2.45) is 5.73 Å². The minimum Gasteiger partial charge on any atom is -0.480 e. The minimum atomic E-state index is -1.41. The summed E-state index contributed by atoms with van der Waals surface area (Å²) >= 11 is 3.15. The number of aromatic nitrogens is 1. The van der Waals surface area contributed by atoms with E-state index in [1.807, 2.05) is 0 Å². The van der Waals surface area contributed by atoms with Gasteiger partial charge in [0.1, 0.15) is 10.1 Å². The Balaban J connectivity index is 3.22. The van der Waals surface area contributed by atoms with Crippen LogP contribution in [0.5, 0.6) is 0 Å². The van der Waals surface area contributed by atoms with E-state index >= 15 is 0 Å². The van der Waals surface area contributed by atoms with E-state index in [1.54, 1.807) is 18.3 Å². The zero-order chi connectivity index (χ0) is 10.1. The molecule has 1 rings (SSSR count). The lowest BCUT2D eigenvalue weighted by atomic mass is 9.95. The first-order valence-electron chi connectivity index (χ1n) is 3.59. The van der Waals surface area contributed by atoms with Gasteiger partial charge in [-0.1, -0.05) is 6.07 Å². The Bertz CT molecular complexity index is 339. The van der Waals surface area contributed by atoms with Gasteiger partial charge in [-0.15, -0.1) is 0 Å². The topological polar surface area (TPSA) is 76.2 Å². The highest BCUT2D eigenvalue weighted by molar-refractivity contribution is 9.10. The zero-order valence-electron chi connectivity index (χ0n) is 6.99. The fraction of sp³-hybridized carbons (Fsp3) is 0.250. The molecule has 1 heterocycles. The van der Waals surface area contributed by atoms with Crippen LogP contribution in [0.3, 0.4) is 0 Å². The van der Waals surface area contributed by atoms with Gasteiger partial charge in [-0.3, -0.25) is 0 Å².